The number of amides is 5. The highest BCUT2D eigenvalue weighted by Gasteiger charge is 2.48. The largest absolute Gasteiger partial charge is 0.454 e. The highest BCUT2D eigenvalue weighted by molar-refractivity contribution is 6.07. The fourth-order valence-electron chi connectivity index (χ4n) is 4.16. The molecule has 0 unspecified atom stereocenters. The van der Waals surface area contributed by atoms with Crippen LogP contribution in [0.15, 0.2) is 0 Å². The summed E-state index contributed by atoms with van der Waals surface area (Å²) in [5.74, 6) is -2.93. The lowest BCUT2D eigenvalue weighted by atomic mass is 9.81. The fourth-order valence-corrected chi connectivity index (χ4v) is 4.16. The number of hydrogen-bond acceptors (Lipinski definition) is 6. The Kier molecular flexibility index (Phi) is 6.08. The van der Waals surface area contributed by atoms with Crippen molar-refractivity contribution in [3.63, 3.8) is 0 Å². The van der Waals surface area contributed by atoms with E-state index in [9.17, 15) is 24.0 Å². The third-order valence-electron chi connectivity index (χ3n) is 5.53. The van der Waals surface area contributed by atoms with Crippen LogP contribution in [-0.2, 0) is 23.9 Å². The van der Waals surface area contributed by atoms with Gasteiger partial charge in [0, 0.05) is 6.04 Å². The Bertz CT molecular complexity index is 619. The molecule has 0 aromatic heterocycles. The fraction of sp³-hybridized carbons (Fsp3) is 0.722. The highest BCUT2D eigenvalue weighted by atomic mass is 16.5. The van der Waals surface area contributed by atoms with Crippen LogP contribution >= 0.6 is 0 Å². The maximum absolute atomic E-state index is 12.3. The molecular weight excluding hydrogens is 354 g/mol. The molecule has 1 saturated heterocycles. The zero-order valence-corrected chi connectivity index (χ0v) is 15.2. The lowest BCUT2D eigenvalue weighted by Crippen LogP contribution is -2.45. The van der Waals surface area contributed by atoms with Gasteiger partial charge in [0.05, 0.1) is 11.8 Å². The van der Waals surface area contributed by atoms with Crippen LogP contribution in [0.5, 0.6) is 0 Å². The predicted octanol–water partition coefficient (Wildman–Crippen LogP) is 0.473. The summed E-state index contributed by atoms with van der Waals surface area (Å²) in [6, 6.07) is -0.548. The average molecular weight is 379 g/mol. The van der Waals surface area contributed by atoms with Crippen LogP contribution in [0.25, 0.3) is 0 Å². The van der Waals surface area contributed by atoms with E-state index in [-0.39, 0.29) is 29.7 Å². The van der Waals surface area contributed by atoms with Crippen LogP contribution in [0, 0.1) is 11.8 Å². The van der Waals surface area contributed by atoms with Gasteiger partial charge in [0.1, 0.15) is 6.54 Å². The van der Waals surface area contributed by atoms with Crippen LogP contribution in [0.2, 0.25) is 0 Å². The van der Waals surface area contributed by atoms with Crippen molar-refractivity contribution in [2.24, 2.45) is 11.8 Å². The summed E-state index contributed by atoms with van der Waals surface area (Å²) in [4.78, 5) is 60.8. The van der Waals surface area contributed by atoms with Gasteiger partial charge in [0.15, 0.2) is 6.61 Å². The number of urea groups is 1. The summed E-state index contributed by atoms with van der Waals surface area (Å²) >= 11 is 0. The number of esters is 1. The molecule has 0 radical (unpaired) electrons. The summed E-state index contributed by atoms with van der Waals surface area (Å²) in [7, 11) is 0. The van der Waals surface area contributed by atoms with E-state index >= 15 is 0 Å². The summed E-state index contributed by atoms with van der Waals surface area (Å²) in [6.45, 7) is -1.13. The second kappa shape index (κ2) is 8.49. The molecule has 0 bridgehead atoms. The number of imide groups is 2. The summed E-state index contributed by atoms with van der Waals surface area (Å²) < 4.78 is 4.81. The lowest BCUT2D eigenvalue weighted by Gasteiger charge is -2.19. The summed E-state index contributed by atoms with van der Waals surface area (Å²) in [6.07, 6.45) is 7.01. The van der Waals surface area contributed by atoms with Crippen molar-refractivity contribution >= 4 is 29.7 Å². The Morgan fingerprint density at radius 1 is 0.926 bits per heavy atom. The van der Waals surface area contributed by atoms with Gasteiger partial charge in [-0.3, -0.25) is 29.4 Å². The molecule has 3 fully saturated rings. The van der Waals surface area contributed by atoms with E-state index in [1.807, 2.05) is 0 Å². The molecule has 2 saturated carbocycles. The van der Waals surface area contributed by atoms with Crippen molar-refractivity contribution in [1.29, 1.82) is 0 Å². The smallest absolute Gasteiger partial charge is 0.326 e. The van der Waals surface area contributed by atoms with Gasteiger partial charge in [-0.1, -0.05) is 25.7 Å². The second-order valence-corrected chi connectivity index (χ2v) is 7.42. The van der Waals surface area contributed by atoms with E-state index in [0.717, 1.165) is 43.4 Å². The van der Waals surface area contributed by atoms with Crippen LogP contribution in [0.4, 0.5) is 4.79 Å². The number of ether oxygens (including phenoxy) is 1. The molecule has 3 aliphatic rings. The molecule has 5 amide bonds. The first kappa shape index (κ1) is 19.3. The molecule has 27 heavy (non-hydrogen) atoms. The third-order valence-corrected chi connectivity index (χ3v) is 5.53. The third kappa shape index (κ3) is 4.64. The number of fused-ring (bicyclic) bond motifs is 1. The molecule has 148 valence electrons. The Morgan fingerprint density at radius 3 is 2.07 bits per heavy atom. The van der Waals surface area contributed by atoms with Crippen LogP contribution < -0.4 is 10.6 Å². The standard InChI is InChI=1S/C18H25N3O6/c22-14(20-18(26)19-11-5-1-2-6-11)10-27-15(23)9-21-16(24)12-7-3-4-8-13(12)17(21)25/h11-13H,1-10H2,(H2,19,20,22,26)/t12-,13-/m0/s1. The molecule has 1 heterocycles. The monoisotopic (exact) mass is 379 g/mol. The van der Waals surface area contributed by atoms with Crippen LogP contribution in [0.3, 0.4) is 0 Å². The van der Waals surface area contributed by atoms with Gasteiger partial charge in [-0.05, 0) is 25.7 Å². The molecule has 9 nitrogen and oxygen atoms in total. The van der Waals surface area contributed by atoms with Gasteiger partial charge in [-0.25, -0.2) is 4.79 Å². The number of carbonyl (C=O) groups is 5. The van der Waals surface area contributed by atoms with Crippen molar-refractivity contribution in [2.75, 3.05) is 13.2 Å². The molecule has 0 spiro atoms. The van der Waals surface area contributed by atoms with Crippen molar-refractivity contribution in [2.45, 2.75) is 57.4 Å². The number of rotatable bonds is 5. The highest BCUT2D eigenvalue weighted by Crippen LogP contribution is 2.37. The molecule has 2 atom stereocenters. The first-order valence-corrected chi connectivity index (χ1v) is 9.57. The lowest BCUT2D eigenvalue weighted by molar-refractivity contribution is -0.154. The molecule has 2 N–H and O–H groups in total. The van der Waals surface area contributed by atoms with Crippen molar-refractivity contribution in [1.82, 2.24) is 15.5 Å². The van der Waals surface area contributed by atoms with Crippen molar-refractivity contribution in [3.8, 4) is 0 Å². The molecular formula is C18H25N3O6. The second-order valence-electron chi connectivity index (χ2n) is 7.42. The van der Waals surface area contributed by atoms with Gasteiger partial charge in [0.25, 0.3) is 5.91 Å². The number of likely N-dealkylation sites (tertiary alicyclic amines) is 1. The van der Waals surface area contributed by atoms with Gasteiger partial charge in [-0.15, -0.1) is 0 Å². The van der Waals surface area contributed by atoms with Gasteiger partial charge < -0.3 is 10.1 Å². The minimum Gasteiger partial charge on any atom is -0.454 e. The topological polar surface area (TPSA) is 122 Å². The molecule has 2 aliphatic carbocycles. The predicted molar refractivity (Wildman–Crippen MR) is 92.1 cm³/mol. The van der Waals surface area contributed by atoms with E-state index in [1.54, 1.807) is 0 Å². The number of nitrogens with zero attached hydrogens (tertiary/aromatic N) is 1. The van der Waals surface area contributed by atoms with E-state index in [4.69, 9.17) is 4.74 Å². The number of carbonyl (C=O) groups excluding carboxylic acids is 5. The minimum absolute atomic E-state index is 0.0658. The summed E-state index contributed by atoms with van der Waals surface area (Å²) in [5, 5.41) is 4.79. The number of hydrogen-bond donors (Lipinski definition) is 2. The Hall–Kier alpha value is -2.45. The zero-order chi connectivity index (χ0) is 19.4. The van der Waals surface area contributed by atoms with E-state index in [0.29, 0.717) is 12.8 Å². The van der Waals surface area contributed by atoms with E-state index in [2.05, 4.69) is 10.6 Å². The van der Waals surface area contributed by atoms with E-state index < -0.39 is 31.1 Å². The molecule has 3 rings (SSSR count). The van der Waals surface area contributed by atoms with Crippen molar-refractivity contribution < 1.29 is 28.7 Å². The van der Waals surface area contributed by atoms with E-state index in [1.165, 1.54) is 0 Å². The molecule has 0 aromatic carbocycles. The molecule has 9 heteroatoms. The SMILES string of the molecule is O=C(COC(=O)CN1C(=O)[C@H]2CCCC[C@@H]2C1=O)NC(=O)NC1CCCC1. The Morgan fingerprint density at radius 2 is 1.48 bits per heavy atom. The van der Waals surface area contributed by atoms with Gasteiger partial charge in [0.2, 0.25) is 11.8 Å². The summed E-state index contributed by atoms with van der Waals surface area (Å²) in [5.41, 5.74) is 0. The first-order chi connectivity index (χ1) is 13.0. The molecule has 1 aliphatic heterocycles. The normalized spacial score (nSPS) is 25.3. The quantitative estimate of drug-likeness (QED) is 0.529. The number of nitrogens with one attached hydrogen (secondary N) is 2. The van der Waals surface area contributed by atoms with Gasteiger partial charge in [-0.2, -0.15) is 0 Å². The van der Waals surface area contributed by atoms with Crippen LogP contribution in [-0.4, -0.2) is 53.8 Å². The maximum atomic E-state index is 12.3. The van der Waals surface area contributed by atoms with Crippen LogP contribution in [0.1, 0.15) is 51.4 Å². The first-order valence-electron chi connectivity index (χ1n) is 9.57. The zero-order valence-electron chi connectivity index (χ0n) is 15.2. The van der Waals surface area contributed by atoms with Gasteiger partial charge >= 0.3 is 12.0 Å². The Labute approximate surface area is 157 Å². The maximum Gasteiger partial charge on any atom is 0.326 e. The minimum atomic E-state index is -0.846. The van der Waals surface area contributed by atoms with Crippen molar-refractivity contribution in [3.05, 3.63) is 0 Å². The average Bonchev–Trinajstić information content (AvgIpc) is 3.23. The molecule has 0 aromatic rings. The Balaban J connectivity index is 1.40.